The molecule has 4 nitrogen and oxygen atoms in total. The van der Waals surface area contributed by atoms with E-state index in [9.17, 15) is 0 Å². The molecule has 2 rings (SSSR count). The van der Waals surface area contributed by atoms with E-state index in [1.165, 1.54) is 12.8 Å². The van der Waals surface area contributed by atoms with Crippen molar-refractivity contribution in [2.75, 3.05) is 6.54 Å². The van der Waals surface area contributed by atoms with Crippen molar-refractivity contribution in [3.05, 3.63) is 18.2 Å². The fourth-order valence-corrected chi connectivity index (χ4v) is 2.26. The van der Waals surface area contributed by atoms with E-state index in [4.69, 9.17) is 12.2 Å². The second kappa shape index (κ2) is 6.03. The first kappa shape index (κ1) is 13.1. The molecule has 18 heavy (non-hydrogen) atoms. The molecule has 4 heteroatoms. The SMILES string of the molecule is C#CC(CCC)NC(CN)c1cncn1C1CC1. The summed E-state index contributed by atoms with van der Waals surface area (Å²) in [5.74, 6) is 2.80. The fourth-order valence-electron chi connectivity index (χ4n) is 2.26. The van der Waals surface area contributed by atoms with E-state index in [0.717, 1.165) is 18.5 Å². The minimum Gasteiger partial charge on any atom is -0.330 e. The molecule has 1 aromatic rings. The molecule has 2 unspecified atom stereocenters. The van der Waals surface area contributed by atoms with Gasteiger partial charge in [0.2, 0.25) is 0 Å². The Bertz CT molecular complexity index is 414. The number of terminal acetylenes is 1. The Morgan fingerprint density at radius 3 is 3.00 bits per heavy atom. The standard InChI is InChI=1S/C14H22N4/c1-3-5-11(4-2)17-13(8-15)14-9-16-10-18(14)12-6-7-12/h2,9-13,17H,3,5-8,15H2,1H3. The fraction of sp³-hybridized carbons (Fsp3) is 0.643. The lowest BCUT2D eigenvalue weighted by Crippen LogP contribution is -2.37. The van der Waals surface area contributed by atoms with Gasteiger partial charge in [0.25, 0.3) is 0 Å². The van der Waals surface area contributed by atoms with E-state index < -0.39 is 0 Å². The van der Waals surface area contributed by atoms with Gasteiger partial charge in [-0.05, 0) is 19.3 Å². The van der Waals surface area contributed by atoms with Crippen LogP contribution in [0.25, 0.3) is 0 Å². The lowest BCUT2D eigenvalue weighted by atomic mass is 10.1. The van der Waals surface area contributed by atoms with E-state index in [-0.39, 0.29) is 12.1 Å². The highest BCUT2D eigenvalue weighted by Crippen LogP contribution is 2.36. The summed E-state index contributed by atoms with van der Waals surface area (Å²) < 4.78 is 2.24. The predicted molar refractivity (Wildman–Crippen MR) is 73.0 cm³/mol. The van der Waals surface area contributed by atoms with Crippen LogP contribution in [-0.4, -0.2) is 22.1 Å². The maximum absolute atomic E-state index is 5.88. The Kier molecular flexibility index (Phi) is 4.40. The van der Waals surface area contributed by atoms with Gasteiger partial charge in [-0.1, -0.05) is 19.3 Å². The number of nitrogens with one attached hydrogen (secondary N) is 1. The van der Waals surface area contributed by atoms with Gasteiger partial charge in [-0.25, -0.2) is 4.98 Å². The largest absolute Gasteiger partial charge is 0.330 e. The highest BCUT2D eigenvalue weighted by atomic mass is 15.1. The first-order valence-corrected chi connectivity index (χ1v) is 6.74. The summed E-state index contributed by atoms with van der Waals surface area (Å²) in [6, 6.07) is 0.806. The van der Waals surface area contributed by atoms with Gasteiger partial charge >= 0.3 is 0 Å². The molecule has 0 aliphatic heterocycles. The number of imidazole rings is 1. The first-order valence-electron chi connectivity index (χ1n) is 6.74. The van der Waals surface area contributed by atoms with Gasteiger partial charge in [0.15, 0.2) is 0 Å². The third-order valence-electron chi connectivity index (χ3n) is 3.41. The molecule has 1 aliphatic rings. The van der Waals surface area contributed by atoms with E-state index in [1.807, 2.05) is 12.5 Å². The summed E-state index contributed by atoms with van der Waals surface area (Å²) in [4.78, 5) is 4.25. The van der Waals surface area contributed by atoms with E-state index >= 15 is 0 Å². The second-order valence-electron chi connectivity index (χ2n) is 4.92. The minimum atomic E-state index is 0.0890. The predicted octanol–water partition coefficient (Wildman–Crippen LogP) is 1.61. The van der Waals surface area contributed by atoms with Crippen LogP contribution in [0.4, 0.5) is 0 Å². The van der Waals surface area contributed by atoms with Gasteiger partial charge in [-0.2, -0.15) is 0 Å². The Balaban J connectivity index is 2.07. The minimum absolute atomic E-state index is 0.0890. The van der Waals surface area contributed by atoms with Crippen LogP contribution in [0.15, 0.2) is 12.5 Å². The molecule has 1 aromatic heterocycles. The lowest BCUT2D eigenvalue weighted by Gasteiger charge is -2.22. The maximum Gasteiger partial charge on any atom is 0.0951 e. The normalized spacial score (nSPS) is 18.3. The number of rotatable bonds is 7. The van der Waals surface area contributed by atoms with Crippen molar-refractivity contribution in [2.24, 2.45) is 5.73 Å². The molecule has 1 saturated carbocycles. The third kappa shape index (κ3) is 2.92. The summed E-state index contributed by atoms with van der Waals surface area (Å²) >= 11 is 0. The smallest absolute Gasteiger partial charge is 0.0951 e. The summed E-state index contributed by atoms with van der Waals surface area (Å²) in [5, 5.41) is 3.46. The average Bonchev–Trinajstić information content (AvgIpc) is 3.13. The Morgan fingerprint density at radius 2 is 2.44 bits per heavy atom. The highest BCUT2D eigenvalue weighted by Gasteiger charge is 2.28. The molecule has 1 aliphatic carbocycles. The van der Waals surface area contributed by atoms with Crippen LogP contribution in [0.3, 0.4) is 0 Å². The van der Waals surface area contributed by atoms with Gasteiger partial charge in [-0.3, -0.25) is 5.32 Å². The van der Waals surface area contributed by atoms with Crippen molar-refractivity contribution in [3.63, 3.8) is 0 Å². The maximum atomic E-state index is 5.88. The van der Waals surface area contributed by atoms with Gasteiger partial charge in [0.1, 0.15) is 0 Å². The second-order valence-corrected chi connectivity index (χ2v) is 4.92. The molecule has 0 aromatic carbocycles. The molecule has 0 bridgehead atoms. The number of hydrogen-bond donors (Lipinski definition) is 2. The van der Waals surface area contributed by atoms with Gasteiger partial charge in [0, 0.05) is 18.8 Å². The Morgan fingerprint density at radius 1 is 1.67 bits per heavy atom. The monoisotopic (exact) mass is 246 g/mol. The molecular formula is C14H22N4. The van der Waals surface area contributed by atoms with Crippen LogP contribution < -0.4 is 11.1 Å². The molecule has 1 heterocycles. The molecule has 2 atom stereocenters. The molecule has 0 amide bonds. The summed E-state index contributed by atoms with van der Waals surface area (Å²) in [5.41, 5.74) is 7.04. The zero-order valence-corrected chi connectivity index (χ0v) is 11.0. The summed E-state index contributed by atoms with van der Waals surface area (Å²) in [6.45, 7) is 2.68. The summed E-state index contributed by atoms with van der Waals surface area (Å²) in [7, 11) is 0. The van der Waals surface area contributed by atoms with Gasteiger partial charge in [0.05, 0.1) is 24.1 Å². The van der Waals surface area contributed by atoms with E-state index in [2.05, 4.69) is 27.7 Å². The van der Waals surface area contributed by atoms with Crippen LogP contribution in [0.2, 0.25) is 0 Å². The zero-order chi connectivity index (χ0) is 13.0. The molecule has 0 spiro atoms. The zero-order valence-electron chi connectivity index (χ0n) is 11.0. The van der Waals surface area contributed by atoms with Crippen molar-refractivity contribution < 1.29 is 0 Å². The molecule has 98 valence electrons. The molecule has 1 fully saturated rings. The van der Waals surface area contributed by atoms with E-state index in [0.29, 0.717) is 12.6 Å². The Labute approximate surface area is 109 Å². The molecule has 0 radical (unpaired) electrons. The number of hydrogen-bond acceptors (Lipinski definition) is 3. The quantitative estimate of drug-likeness (QED) is 0.719. The van der Waals surface area contributed by atoms with Crippen molar-refractivity contribution in [2.45, 2.75) is 50.7 Å². The van der Waals surface area contributed by atoms with Crippen molar-refractivity contribution in [1.29, 1.82) is 0 Å². The summed E-state index contributed by atoms with van der Waals surface area (Å²) in [6.07, 6.45) is 13.9. The van der Waals surface area contributed by atoms with Crippen LogP contribution in [0.1, 0.15) is 50.4 Å². The van der Waals surface area contributed by atoms with Crippen LogP contribution >= 0.6 is 0 Å². The van der Waals surface area contributed by atoms with Gasteiger partial charge in [-0.15, -0.1) is 6.42 Å². The average molecular weight is 246 g/mol. The van der Waals surface area contributed by atoms with Crippen molar-refractivity contribution in [3.8, 4) is 12.3 Å². The van der Waals surface area contributed by atoms with Gasteiger partial charge < -0.3 is 10.3 Å². The highest BCUT2D eigenvalue weighted by molar-refractivity contribution is 5.12. The van der Waals surface area contributed by atoms with Crippen LogP contribution in [0, 0.1) is 12.3 Å². The van der Waals surface area contributed by atoms with Crippen LogP contribution in [-0.2, 0) is 0 Å². The molecule has 3 N–H and O–H groups in total. The molecule has 0 saturated heterocycles. The number of nitrogens with zero attached hydrogens (tertiary/aromatic N) is 2. The molecular weight excluding hydrogens is 224 g/mol. The number of nitrogens with two attached hydrogens (primary N) is 1. The van der Waals surface area contributed by atoms with Crippen molar-refractivity contribution >= 4 is 0 Å². The van der Waals surface area contributed by atoms with E-state index in [1.54, 1.807) is 0 Å². The third-order valence-corrected chi connectivity index (χ3v) is 3.41. The lowest BCUT2D eigenvalue weighted by molar-refractivity contribution is 0.452. The first-order chi connectivity index (χ1) is 8.80. The van der Waals surface area contributed by atoms with Crippen LogP contribution in [0.5, 0.6) is 0 Å². The Hall–Kier alpha value is -1.31. The van der Waals surface area contributed by atoms with Crippen molar-refractivity contribution in [1.82, 2.24) is 14.9 Å². The number of aromatic nitrogens is 2. The topological polar surface area (TPSA) is 55.9 Å².